The Bertz CT molecular complexity index is 548. The van der Waals surface area contributed by atoms with E-state index in [4.69, 9.17) is 4.74 Å². The molecule has 0 spiro atoms. The summed E-state index contributed by atoms with van der Waals surface area (Å²) in [5, 5.41) is 0. The van der Waals surface area contributed by atoms with Gasteiger partial charge in [0, 0.05) is 0 Å². The first-order chi connectivity index (χ1) is 9.05. The molecule has 1 aliphatic heterocycles. The van der Waals surface area contributed by atoms with E-state index >= 15 is 0 Å². The highest BCUT2D eigenvalue weighted by atomic mass is 16.6. The molecule has 19 heavy (non-hydrogen) atoms. The molecule has 0 bridgehead atoms. The lowest BCUT2D eigenvalue weighted by Crippen LogP contribution is -2.10. The van der Waals surface area contributed by atoms with E-state index in [1.165, 1.54) is 16.7 Å². The van der Waals surface area contributed by atoms with Crippen LogP contribution < -0.4 is 0 Å². The molecule has 0 saturated carbocycles. The zero-order valence-corrected chi connectivity index (χ0v) is 11.8. The lowest BCUT2D eigenvalue weighted by atomic mass is 9.86. The van der Waals surface area contributed by atoms with Gasteiger partial charge in [-0.1, -0.05) is 75.4 Å². The number of hydrogen-bond acceptors (Lipinski definition) is 1. The highest BCUT2D eigenvalue weighted by molar-refractivity contribution is 5.33. The maximum atomic E-state index is 5.81. The van der Waals surface area contributed by atoms with E-state index in [9.17, 15) is 0 Å². The van der Waals surface area contributed by atoms with Gasteiger partial charge in [-0.25, -0.2) is 0 Å². The highest BCUT2D eigenvalue weighted by Crippen LogP contribution is 2.50. The zero-order valence-electron chi connectivity index (χ0n) is 11.8. The second-order valence-electron chi connectivity index (χ2n) is 6.26. The molecule has 1 saturated heterocycles. The highest BCUT2D eigenvalue weighted by Gasteiger charge is 2.41. The minimum atomic E-state index is 0.210. The lowest BCUT2D eigenvalue weighted by molar-refractivity contribution is 0.377. The van der Waals surface area contributed by atoms with Crippen molar-refractivity contribution in [3.05, 3.63) is 71.3 Å². The molecule has 0 aliphatic carbocycles. The van der Waals surface area contributed by atoms with Crippen molar-refractivity contribution >= 4 is 0 Å². The Morgan fingerprint density at radius 1 is 0.737 bits per heavy atom. The molecule has 0 aromatic heterocycles. The summed E-state index contributed by atoms with van der Waals surface area (Å²) >= 11 is 0. The fourth-order valence-electron chi connectivity index (χ4n) is 2.43. The van der Waals surface area contributed by atoms with Crippen LogP contribution in [0, 0.1) is 0 Å². The van der Waals surface area contributed by atoms with Crippen molar-refractivity contribution in [1.29, 1.82) is 0 Å². The number of ether oxygens (including phenoxy) is 1. The minimum absolute atomic E-state index is 0.210. The maximum absolute atomic E-state index is 5.81. The second-order valence-corrected chi connectivity index (χ2v) is 6.26. The van der Waals surface area contributed by atoms with Gasteiger partial charge in [-0.05, 0) is 22.1 Å². The summed E-state index contributed by atoms with van der Waals surface area (Å²) in [6.45, 7) is 6.72. The van der Waals surface area contributed by atoms with Gasteiger partial charge in [0.2, 0.25) is 0 Å². The molecular formula is C18H20O. The van der Waals surface area contributed by atoms with Gasteiger partial charge in [0.1, 0.15) is 12.2 Å². The first-order valence-electron chi connectivity index (χ1n) is 6.86. The predicted octanol–water partition coefficient (Wildman–Crippen LogP) is 4.80. The SMILES string of the molecule is CC(C)(C)c1ccc([C@H]2O[C@H]2c2ccccc2)cc1. The Hall–Kier alpha value is -1.60. The Balaban J connectivity index is 1.76. The third-order valence-electron chi connectivity index (χ3n) is 3.72. The molecule has 0 unspecified atom stereocenters. The van der Waals surface area contributed by atoms with Crippen molar-refractivity contribution in [1.82, 2.24) is 0 Å². The summed E-state index contributed by atoms with van der Waals surface area (Å²) in [6.07, 6.45) is 0.470. The molecule has 1 nitrogen and oxygen atoms in total. The number of epoxide rings is 1. The number of rotatable bonds is 2. The van der Waals surface area contributed by atoms with Gasteiger partial charge in [-0.2, -0.15) is 0 Å². The normalized spacial score (nSPS) is 22.3. The van der Waals surface area contributed by atoms with E-state index in [1.807, 2.05) is 6.07 Å². The third kappa shape index (κ3) is 2.57. The van der Waals surface area contributed by atoms with Crippen LogP contribution in [0.4, 0.5) is 0 Å². The molecule has 98 valence electrons. The van der Waals surface area contributed by atoms with Crippen LogP contribution in [0.25, 0.3) is 0 Å². The molecule has 1 heterocycles. The van der Waals surface area contributed by atoms with E-state index in [0.717, 1.165) is 0 Å². The van der Waals surface area contributed by atoms with Crippen LogP contribution in [0.15, 0.2) is 54.6 Å². The first-order valence-corrected chi connectivity index (χ1v) is 6.86. The van der Waals surface area contributed by atoms with Crippen LogP contribution in [0.5, 0.6) is 0 Å². The molecular weight excluding hydrogens is 232 g/mol. The van der Waals surface area contributed by atoms with Gasteiger partial charge in [0.25, 0.3) is 0 Å². The summed E-state index contributed by atoms with van der Waals surface area (Å²) in [6, 6.07) is 19.3. The van der Waals surface area contributed by atoms with Crippen LogP contribution in [0.2, 0.25) is 0 Å². The Kier molecular flexibility index (Phi) is 2.94. The van der Waals surface area contributed by atoms with Crippen molar-refractivity contribution in [2.24, 2.45) is 0 Å². The zero-order chi connectivity index (χ0) is 13.5. The second kappa shape index (κ2) is 4.50. The molecule has 0 N–H and O–H groups in total. The van der Waals surface area contributed by atoms with Crippen LogP contribution in [0.1, 0.15) is 49.7 Å². The molecule has 0 radical (unpaired) electrons. The molecule has 1 aliphatic rings. The average Bonchev–Trinajstić information content (AvgIpc) is 3.19. The van der Waals surface area contributed by atoms with E-state index in [1.54, 1.807) is 0 Å². The van der Waals surface area contributed by atoms with E-state index in [2.05, 4.69) is 69.3 Å². The Morgan fingerprint density at radius 2 is 1.26 bits per heavy atom. The Morgan fingerprint density at radius 3 is 1.79 bits per heavy atom. The van der Waals surface area contributed by atoms with Gasteiger partial charge in [-0.15, -0.1) is 0 Å². The number of benzene rings is 2. The quantitative estimate of drug-likeness (QED) is 0.700. The summed E-state index contributed by atoms with van der Waals surface area (Å²) < 4.78 is 5.81. The van der Waals surface area contributed by atoms with Crippen molar-refractivity contribution in [2.45, 2.75) is 38.4 Å². The Labute approximate surface area is 115 Å². The average molecular weight is 252 g/mol. The molecule has 1 heteroatoms. The van der Waals surface area contributed by atoms with Crippen LogP contribution in [-0.4, -0.2) is 0 Å². The summed E-state index contributed by atoms with van der Waals surface area (Å²) in [7, 11) is 0. The standard InChI is InChI=1S/C18H20O/c1-18(2,3)15-11-9-14(10-12-15)17-16(19-17)13-7-5-4-6-8-13/h4-12,16-17H,1-3H3/t16-,17+/m0/s1. The minimum Gasteiger partial charge on any atom is -0.359 e. The molecule has 0 amide bonds. The van der Waals surface area contributed by atoms with Gasteiger partial charge >= 0.3 is 0 Å². The van der Waals surface area contributed by atoms with Gasteiger partial charge < -0.3 is 4.74 Å². The summed E-state index contributed by atoms with van der Waals surface area (Å²) in [5.41, 5.74) is 4.13. The fourth-order valence-corrected chi connectivity index (χ4v) is 2.43. The maximum Gasteiger partial charge on any atom is 0.114 e. The van der Waals surface area contributed by atoms with Crippen LogP contribution in [0.3, 0.4) is 0 Å². The molecule has 3 rings (SSSR count). The topological polar surface area (TPSA) is 12.5 Å². The fraction of sp³-hybridized carbons (Fsp3) is 0.333. The van der Waals surface area contributed by atoms with Crippen molar-refractivity contribution in [2.75, 3.05) is 0 Å². The molecule has 2 aromatic carbocycles. The van der Waals surface area contributed by atoms with Crippen LogP contribution in [-0.2, 0) is 10.2 Å². The molecule has 1 fully saturated rings. The van der Waals surface area contributed by atoms with Gasteiger partial charge in [0.15, 0.2) is 0 Å². The summed E-state index contributed by atoms with van der Waals surface area (Å²) in [4.78, 5) is 0. The van der Waals surface area contributed by atoms with E-state index in [-0.39, 0.29) is 17.6 Å². The lowest BCUT2D eigenvalue weighted by Gasteiger charge is -2.18. The third-order valence-corrected chi connectivity index (χ3v) is 3.72. The molecule has 2 atom stereocenters. The van der Waals surface area contributed by atoms with Crippen molar-refractivity contribution < 1.29 is 4.74 Å². The molecule has 2 aromatic rings. The van der Waals surface area contributed by atoms with Gasteiger partial charge in [-0.3, -0.25) is 0 Å². The van der Waals surface area contributed by atoms with Crippen molar-refractivity contribution in [3.8, 4) is 0 Å². The van der Waals surface area contributed by atoms with Crippen LogP contribution >= 0.6 is 0 Å². The summed E-state index contributed by atoms with van der Waals surface area (Å²) in [5.74, 6) is 0. The predicted molar refractivity (Wildman–Crippen MR) is 78.2 cm³/mol. The monoisotopic (exact) mass is 252 g/mol. The van der Waals surface area contributed by atoms with E-state index < -0.39 is 0 Å². The number of hydrogen-bond donors (Lipinski definition) is 0. The van der Waals surface area contributed by atoms with Crippen molar-refractivity contribution in [3.63, 3.8) is 0 Å². The largest absolute Gasteiger partial charge is 0.359 e. The van der Waals surface area contributed by atoms with E-state index in [0.29, 0.717) is 0 Å². The van der Waals surface area contributed by atoms with Gasteiger partial charge in [0.05, 0.1) is 0 Å². The first kappa shape index (κ1) is 12.4. The smallest absolute Gasteiger partial charge is 0.114 e.